The van der Waals surface area contributed by atoms with Crippen LogP contribution in [0.1, 0.15) is 64.0 Å². The summed E-state index contributed by atoms with van der Waals surface area (Å²) < 4.78 is 13.3. The topological polar surface area (TPSA) is 30.8 Å². The maximum absolute atomic E-state index is 6.67. The number of benzene rings is 2. The van der Waals surface area contributed by atoms with Crippen LogP contribution in [0.5, 0.6) is 5.75 Å². The van der Waals surface area contributed by atoms with Crippen molar-refractivity contribution in [2.45, 2.75) is 64.2 Å². The third-order valence-electron chi connectivity index (χ3n) is 5.37. The van der Waals surface area contributed by atoms with E-state index in [4.69, 9.17) is 14.5 Å². The molecule has 1 atom stereocenters. The molecule has 1 heterocycles. The van der Waals surface area contributed by atoms with Crippen LogP contribution < -0.4 is 4.74 Å². The Bertz CT molecular complexity index is 816. The first-order valence-corrected chi connectivity index (χ1v) is 10.1. The van der Waals surface area contributed by atoms with Crippen LogP contribution in [-0.4, -0.2) is 11.4 Å². The molecule has 3 heteroatoms. The molecule has 1 aliphatic heterocycles. The lowest BCUT2D eigenvalue weighted by molar-refractivity contribution is -0.174. The van der Waals surface area contributed by atoms with Crippen molar-refractivity contribution >= 4 is 5.90 Å². The summed E-state index contributed by atoms with van der Waals surface area (Å²) >= 11 is 0. The van der Waals surface area contributed by atoms with Gasteiger partial charge in [-0.15, -0.1) is 0 Å². The average Bonchev–Trinajstić information content (AvgIpc) is 2.96. The highest BCUT2D eigenvalue weighted by molar-refractivity contribution is 5.99. The van der Waals surface area contributed by atoms with Crippen molar-refractivity contribution in [3.05, 3.63) is 65.7 Å². The van der Waals surface area contributed by atoms with E-state index >= 15 is 0 Å². The van der Waals surface area contributed by atoms with E-state index < -0.39 is 5.79 Å². The summed E-state index contributed by atoms with van der Waals surface area (Å²) in [4.78, 5) is 4.90. The fourth-order valence-corrected chi connectivity index (χ4v) is 4.22. The van der Waals surface area contributed by atoms with Crippen molar-refractivity contribution in [2.24, 2.45) is 10.9 Å². The van der Waals surface area contributed by atoms with Crippen LogP contribution in [0.4, 0.5) is 0 Å². The molecule has 2 aliphatic rings. The van der Waals surface area contributed by atoms with Crippen LogP contribution in [0, 0.1) is 5.92 Å². The zero-order chi connectivity index (χ0) is 18.9. The van der Waals surface area contributed by atoms with Crippen molar-refractivity contribution < 1.29 is 9.47 Å². The molecule has 1 fully saturated rings. The van der Waals surface area contributed by atoms with E-state index in [9.17, 15) is 0 Å². The monoisotopic (exact) mass is 363 g/mol. The van der Waals surface area contributed by atoms with Gasteiger partial charge in [-0.2, -0.15) is 0 Å². The van der Waals surface area contributed by atoms with E-state index in [1.54, 1.807) is 0 Å². The molecule has 0 aromatic heterocycles. The van der Waals surface area contributed by atoms with Gasteiger partial charge >= 0.3 is 0 Å². The molecule has 27 heavy (non-hydrogen) atoms. The van der Waals surface area contributed by atoms with Crippen LogP contribution in [0.3, 0.4) is 0 Å². The molecule has 142 valence electrons. The zero-order valence-electron chi connectivity index (χ0n) is 16.6. The van der Waals surface area contributed by atoms with Gasteiger partial charge in [0.25, 0.3) is 5.79 Å². The third kappa shape index (κ3) is 3.60. The number of nitrogens with zero attached hydrogens (tertiary/aromatic N) is 1. The van der Waals surface area contributed by atoms with Crippen LogP contribution in [0.2, 0.25) is 0 Å². The molecular weight excluding hydrogens is 334 g/mol. The SMILES string of the molecule is CC(C)(C)N=C1OC(Oc2ccccc2)(C2CCCCC2)c2ccccc21. The quantitative estimate of drug-likeness (QED) is 0.662. The maximum atomic E-state index is 6.67. The predicted octanol–water partition coefficient (Wildman–Crippen LogP) is 6.07. The molecule has 3 nitrogen and oxygen atoms in total. The molecule has 0 N–H and O–H groups in total. The number of para-hydroxylation sites is 1. The second-order valence-corrected chi connectivity index (χ2v) is 8.65. The summed E-state index contributed by atoms with van der Waals surface area (Å²) in [5.74, 6) is 1.08. The smallest absolute Gasteiger partial charge is 0.283 e. The van der Waals surface area contributed by atoms with Crippen molar-refractivity contribution in [3.8, 4) is 5.75 Å². The van der Waals surface area contributed by atoms with Gasteiger partial charge in [-0.05, 0) is 51.8 Å². The summed E-state index contributed by atoms with van der Waals surface area (Å²) in [6, 6.07) is 18.4. The number of rotatable bonds is 3. The Balaban J connectivity index is 1.84. The molecule has 1 saturated carbocycles. The van der Waals surface area contributed by atoms with E-state index in [1.807, 2.05) is 30.3 Å². The van der Waals surface area contributed by atoms with Crippen molar-refractivity contribution in [1.82, 2.24) is 0 Å². The van der Waals surface area contributed by atoms with Gasteiger partial charge < -0.3 is 9.47 Å². The van der Waals surface area contributed by atoms with Gasteiger partial charge in [0.1, 0.15) is 5.75 Å². The summed E-state index contributed by atoms with van der Waals surface area (Å²) in [7, 11) is 0. The van der Waals surface area contributed by atoms with Gasteiger partial charge in [0.15, 0.2) is 0 Å². The molecule has 2 aromatic rings. The fraction of sp³-hybridized carbons (Fsp3) is 0.458. The minimum Gasteiger partial charge on any atom is -0.448 e. The lowest BCUT2D eigenvalue weighted by Gasteiger charge is -2.39. The summed E-state index contributed by atoms with van der Waals surface area (Å²) in [6.45, 7) is 6.31. The zero-order valence-corrected chi connectivity index (χ0v) is 16.6. The summed E-state index contributed by atoms with van der Waals surface area (Å²) in [5, 5.41) is 0. The van der Waals surface area contributed by atoms with E-state index in [0.717, 1.165) is 29.7 Å². The minimum atomic E-state index is -0.789. The Morgan fingerprint density at radius 2 is 1.59 bits per heavy atom. The first-order chi connectivity index (χ1) is 13.0. The Labute approximate surface area is 162 Å². The molecule has 0 amide bonds. The summed E-state index contributed by atoms with van der Waals surface area (Å²) in [6.07, 6.45) is 5.97. The normalized spacial score (nSPS) is 24.5. The standard InChI is InChI=1S/C24H29NO2/c1-23(2,3)25-22-20-16-10-11-17-21(20)24(27-22,18-12-6-4-7-13-18)26-19-14-8-5-9-15-19/h5,8-11,14-18H,4,6-7,12-13H2,1-3H3. The van der Waals surface area contributed by atoms with E-state index in [-0.39, 0.29) is 5.54 Å². The van der Waals surface area contributed by atoms with E-state index in [2.05, 4.69) is 45.0 Å². The second-order valence-electron chi connectivity index (χ2n) is 8.65. The van der Waals surface area contributed by atoms with Gasteiger partial charge in [-0.25, -0.2) is 4.99 Å². The maximum Gasteiger partial charge on any atom is 0.283 e. The number of hydrogen-bond acceptors (Lipinski definition) is 3. The lowest BCUT2D eigenvalue weighted by atomic mass is 9.79. The molecule has 0 radical (unpaired) electrons. The number of hydrogen-bond donors (Lipinski definition) is 0. The highest BCUT2D eigenvalue weighted by Gasteiger charge is 2.52. The molecule has 1 aliphatic carbocycles. The first-order valence-electron chi connectivity index (χ1n) is 10.1. The highest BCUT2D eigenvalue weighted by Crippen LogP contribution is 2.49. The Kier molecular flexibility index (Phi) is 4.71. The second kappa shape index (κ2) is 7.03. The number of aliphatic imine (C=N–C) groups is 1. The molecule has 0 bridgehead atoms. The van der Waals surface area contributed by atoms with E-state index in [1.165, 1.54) is 19.3 Å². The first kappa shape index (κ1) is 18.1. The Morgan fingerprint density at radius 1 is 0.926 bits per heavy atom. The van der Waals surface area contributed by atoms with Gasteiger partial charge in [-0.1, -0.05) is 55.7 Å². The van der Waals surface area contributed by atoms with Crippen LogP contribution in [-0.2, 0) is 10.5 Å². The van der Waals surface area contributed by atoms with Gasteiger partial charge in [0, 0.05) is 17.0 Å². The fourth-order valence-electron chi connectivity index (χ4n) is 4.22. The predicted molar refractivity (Wildman–Crippen MR) is 109 cm³/mol. The van der Waals surface area contributed by atoms with Crippen molar-refractivity contribution in [2.75, 3.05) is 0 Å². The largest absolute Gasteiger partial charge is 0.448 e. The van der Waals surface area contributed by atoms with Crippen molar-refractivity contribution in [1.29, 1.82) is 0 Å². The highest BCUT2D eigenvalue weighted by atomic mass is 16.7. The molecule has 1 unspecified atom stereocenters. The van der Waals surface area contributed by atoms with Gasteiger partial charge in [0.05, 0.1) is 5.54 Å². The third-order valence-corrected chi connectivity index (χ3v) is 5.37. The van der Waals surface area contributed by atoms with Crippen LogP contribution in [0.15, 0.2) is 59.6 Å². The van der Waals surface area contributed by atoms with Crippen LogP contribution >= 0.6 is 0 Å². The molecule has 4 rings (SSSR count). The summed E-state index contributed by atoms with van der Waals surface area (Å²) in [5.41, 5.74) is 1.97. The van der Waals surface area contributed by atoms with Gasteiger partial charge in [0.2, 0.25) is 5.90 Å². The Hall–Kier alpha value is -2.29. The van der Waals surface area contributed by atoms with Gasteiger partial charge in [-0.3, -0.25) is 0 Å². The molecule has 2 aromatic carbocycles. The lowest BCUT2D eigenvalue weighted by Crippen LogP contribution is -2.42. The van der Waals surface area contributed by atoms with Crippen molar-refractivity contribution in [3.63, 3.8) is 0 Å². The number of fused-ring (bicyclic) bond motifs is 1. The molecule has 0 saturated heterocycles. The molecular formula is C24H29NO2. The number of ether oxygens (including phenoxy) is 2. The average molecular weight is 364 g/mol. The van der Waals surface area contributed by atoms with Crippen LogP contribution in [0.25, 0.3) is 0 Å². The Morgan fingerprint density at radius 3 is 2.30 bits per heavy atom. The molecule has 0 spiro atoms. The van der Waals surface area contributed by atoms with E-state index in [0.29, 0.717) is 11.8 Å². The minimum absolute atomic E-state index is 0.210.